The van der Waals surface area contributed by atoms with Gasteiger partial charge in [0.2, 0.25) is 0 Å². The first kappa shape index (κ1) is 51.4. The number of unbranched alkanes of at least 4 members (excludes halogenated alkanes) is 10. The smallest absolute Gasteiger partial charge is 0.462 e. The van der Waals surface area contributed by atoms with E-state index in [4.69, 9.17) is 19.1 Å². The molecule has 310 valence electrons. The van der Waals surface area contributed by atoms with Crippen LogP contribution in [0.3, 0.4) is 0 Å². The van der Waals surface area contributed by atoms with E-state index in [1.807, 2.05) is 24.3 Å². The van der Waals surface area contributed by atoms with Gasteiger partial charge in [0.1, 0.15) is 12.7 Å². The van der Waals surface area contributed by atoms with Crippen molar-refractivity contribution in [1.82, 2.24) is 0 Å². The zero-order chi connectivity index (χ0) is 40.0. The summed E-state index contributed by atoms with van der Waals surface area (Å²) in [5.74, 6) is -1.01. The van der Waals surface area contributed by atoms with Crippen LogP contribution in [0.5, 0.6) is 0 Å². The van der Waals surface area contributed by atoms with Crippen molar-refractivity contribution < 1.29 is 52.9 Å². The molecule has 0 bridgehead atoms. The van der Waals surface area contributed by atoms with Crippen molar-refractivity contribution in [2.24, 2.45) is 0 Å². The number of phosphoric ester groups is 1. The van der Waals surface area contributed by atoms with E-state index in [0.29, 0.717) is 19.3 Å². The van der Waals surface area contributed by atoms with Gasteiger partial charge in [-0.05, 0) is 70.6 Å². The summed E-state index contributed by atoms with van der Waals surface area (Å²) in [6.45, 7) is 1.96. The van der Waals surface area contributed by atoms with Crippen LogP contribution in [-0.4, -0.2) is 76.9 Å². The lowest BCUT2D eigenvalue weighted by molar-refractivity contribution is -0.161. The molecule has 0 fully saturated rings. The van der Waals surface area contributed by atoms with Crippen molar-refractivity contribution in [1.29, 1.82) is 0 Å². The van der Waals surface area contributed by atoms with Gasteiger partial charge in [-0.1, -0.05) is 125 Å². The molecule has 0 aliphatic heterocycles. The fourth-order valence-corrected chi connectivity index (χ4v) is 5.65. The summed E-state index contributed by atoms with van der Waals surface area (Å²) in [5.41, 5.74) is 0. The van der Waals surface area contributed by atoms with Crippen LogP contribution in [0.4, 0.5) is 0 Å². The maximum Gasteiger partial charge on any atom is 0.472 e. The lowest BCUT2D eigenvalue weighted by atomic mass is 10.1. The van der Waals surface area contributed by atoms with Crippen LogP contribution >= 0.6 is 7.82 Å². The van der Waals surface area contributed by atoms with Crippen molar-refractivity contribution >= 4 is 19.8 Å². The minimum atomic E-state index is -4.64. The molecule has 0 aromatic rings. The predicted octanol–water partition coefficient (Wildman–Crippen LogP) is 9.08. The van der Waals surface area contributed by atoms with E-state index in [9.17, 15) is 29.3 Å². The molecule has 0 aliphatic rings. The number of ether oxygens (including phenoxy) is 2. The van der Waals surface area contributed by atoms with Crippen LogP contribution in [0.1, 0.15) is 136 Å². The summed E-state index contributed by atoms with van der Waals surface area (Å²) < 4.78 is 32.6. The van der Waals surface area contributed by atoms with Gasteiger partial charge in [-0.15, -0.1) is 0 Å². The molecule has 2 unspecified atom stereocenters. The van der Waals surface area contributed by atoms with Crippen LogP contribution in [0.15, 0.2) is 72.9 Å². The maximum absolute atomic E-state index is 12.6. The molecule has 11 nitrogen and oxygen atoms in total. The first-order chi connectivity index (χ1) is 26.1. The average Bonchev–Trinajstić information content (AvgIpc) is 3.15. The molecular formula is C42H71O11P. The highest BCUT2D eigenvalue weighted by Crippen LogP contribution is 2.43. The van der Waals surface area contributed by atoms with Crippen LogP contribution in [0, 0.1) is 0 Å². The topological polar surface area (TPSA) is 169 Å². The van der Waals surface area contributed by atoms with Gasteiger partial charge in [0, 0.05) is 12.8 Å². The molecule has 0 aromatic carbocycles. The van der Waals surface area contributed by atoms with Crippen LogP contribution in [-0.2, 0) is 32.7 Å². The number of esters is 2. The Bertz CT molecular complexity index is 1150. The number of rotatable bonds is 36. The molecular weight excluding hydrogens is 711 g/mol. The van der Waals surface area contributed by atoms with Crippen LogP contribution in [0.2, 0.25) is 0 Å². The summed E-state index contributed by atoms with van der Waals surface area (Å²) >= 11 is 0. The molecule has 0 aromatic heterocycles. The Labute approximate surface area is 325 Å². The second kappa shape index (κ2) is 37.3. The lowest BCUT2D eigenvalue weighted by Crippen LogP contribution is -2.29. The van der Waals surface area contributed by atoms with E-state index in [0.717, 1.165) is 89.9 Å². The SMILES string of the molecule is CC/C=C\C/C=C\C/C=C\CCCCCCCC(=O)OC[C@H](COP(=O)(O)OC[C@@H](O)CO)OC(=O)CCCCCCC/C=C/C=C/C(O)C/C=C/CC. The zero-order valence-electron chi connectivity index (χ0n) is 33.0. The molecule has 0 heterocycles. The van der Waals surface area contributed by atoms with Crippen LogP contribution < -0.4 is 0 Å². The third-order valence-electron chi connectivity index (χ3n) is 7.94. The number of aliphatic hydroxyl groups excluding tert-OH is 3. The zero-order valence-corrected chi connectivity index (χ0v) is 33.9. The average molecular weight is 783 g/mol. The molecule has 0 amide bonds. The number of carbonyl (C=O) groups is 2. The Morgan fingerprint density at radius 3 is 1.81 bits per heavy atom. The second-order valence-electron chi connectivity index (χ2n) is 13.1. The summed E-state index contributed by atoms with van der Waals surface area (Å²) in [6.07, 6.45) is 37.7. The highest BCUT2D eigenvalue weighted by atomic mass is 31.2. The maximum atomic E-state index is 12.6. The summed E-state index contributed by atoms with van der Waals surface area (Å²) in [7, 11) is -4.64. The molecule has 4 atom stereocenters. The fourth-order valence-electron chi connectivity index (χ4n) is 4.86. The summed E-state index contributed by atoms with van der Waals surface area (Å²) in [6, 6.07) is 0. The minimum Gasteiger partial charge on any atom is -0.462 e. The second-order valence-corrected chi connectivity index (χ2v) is 14.5. The monoisotopic (exact) mass is 782 g/mol. The third kappa shape index (κ3) is 36.4. The first-order valence-corrected chi connectivity index (χ1v) is 21.5. The van der Waals surface area contributed by atoms with E-state index in [2.05, 4.69) is 60.9 Å². The summed E-state index contributed by atoms with van der Waals surface area (Å²) in [4.78, 5) is 34.9. The number of carbonyl (C=O) groups excluding carboxylic acids is 2. The number of aliphatic hydroxyl groups is 3. The van der Waals surface area contributed by atoms with Gasteiger partial charge in [0.05, 0.1) is 25.9 Å². The van der Waals surface area contributed by atoms with Gasteiger partial charge in [-0.2, -0.15) is 0 Å². The fraction of sp³-hybridized carbons (Fsp3) is 0.667. The predicted molar refractivity (Wildman–Crippen MR) is 216 cm³/mol. The van der Waals surface area contributed by atoms with Crippen molar-refractivity contribution in [2.75, 3.05) is 26.4 Å². The van der Waals surface area contributed by atoms with Gasteiger partial charge in [-0.25, -0.2) is 4.57 Å². The van der Waals surface area contributed by atoms with E-state index >= 15 is 0 Å². The lowest BCUT2D eigenvalue weighted by Gasteiger charge is -2.20. The van der Waals surface area contributed by atoms with E-state index in [-0.39, 0.29) is 19.4 Å². The molecule has 0 aliphatic carbocycles. The molecule has 0 spiro atoms. The van der Waals surface area contributed by atoms with Gasteiger partial charge in [-0.3, -0.25) is 18.6 Å². The van der Waals surface area contributed by atoms with Gasteiger partial charge < -0.3 is 29.7 Å². The molecule has 12 heteroatoms. The number of allylic oxidation sites excluding steroid dienone is 10. The van der Waals surface area contributed by atoms with E-state index < -0.39 is 57.9 Å². The number of hydrogen-bond acceptors (Lipinski definition) is 10. The van der Waals surface area contributed by atoms with Crippen molar-refractivity contribution in [3.63, 3.8) is 0 Å². The molecule has 0 saturated carbocycles. The Balaban J connectivity index is 4.46. The van der Waals surface area contributed by atoms with Crippen molar-refractivity contribution in [3.8, 4) is 0 Å². The minimum absolute atomic E-state index is 0.130. The highest BCUT2D eigenvalue weighted by Gasteiger charge is 2.27. The third-order valence-corrected chi connectivity index (χ3v) is 8.89. The normalized spacial score (nSPS) is 15.3. The van der Waals surface area contributed by atoms with Gasteiger partial charge in [0.25, 0.3) is 0 Å². The van der Waals surface area contributed by atoms with Crippen LogP contribution in [0.25, 0.3) is 0 Å². The largest absolute Gasteiger partial charge is 0.472 e. The molecule has 0 saturated heterocycles. The molecule has 4 N–H and O–H groups in total. The number of hydrogen-bond donors (Lipinski definition) is 4. The molecule has 0 radical (unpaired) electrons. The Kier molecular flexibility index (Phi) is 35.5. The Morgan fingerprint density at radius 2 is 1.17 bits per heavy atom. The standard InChI is InChI=1S/C42H71O11P/c1-3-5-7-8-9-10-11-12-13-14-15-18-21-24-28-32-41(46)50-36-40(37-52-54(48,49)51-35-39(45)34-43)53-42(47)33-29-25-22-19-16-17-20-23-27-31-38(44)30-26-6-4-2/h5-7,9-10,12-13,20,23,26-27,31,38-40,43-45H,3-4,8,11,14-19,21-22,24-25,28-30,32-37H2,1-2H3,(H,48,49)/b7-5-,10-9-,13-12-,23-20+,26-6+,31-27+/t38?,39-,40+/m0/s1. The van der Waals surface area contributed by atoms with Crippen molar-refractivity contribution in [3.05, 3.63) is 72.9 Å². The Hall–Kier alpha value is -2.63. The Morgan fingerprint density at radius 1 is 0.630 bits per heavy atom. The quantitative estimate of drug-likeness (QED) is 0.0157. The number of phosphoric acid groups is 1. The molecule has 0 rings (SSSR count). The van der Waals surface area contributed by atoms with E-state index in [1.54, 1.807) is 6.08 Å². The van der Waals surface area contributed by atoms with Gasteiger partial charge >= 0.3 is 19.8 Å². The first-order valence-electron chi connectivity index (χ1n) is 20.0. The van der Waals surface area contributed by atoms with Crippen molar-refractivity contribution in [2.45, 2.75) is 154 Å². The summed E-state index contributed by atoms with van der Waals surface area (Å²) in [5, 5.41) is 28.2. The highest BCUT2D eigenvalue weighted by molar-refractivity contribution is 7.47. The van der Waals surface area contributed by atoms with Gasteiger partial charge in [0.15, 0.2) is 6.10 Å². The van der Waals surface area contributed by atoms with E-state index in [1.165, 1.54) is 0 Å². The molecule has 54 heavy (non-hydrogen) atoms.